The molecule has 0 spiro atoms. The van der Waals surface area contributed by atoms with Gasteiger partial charge in [0.25, 0.3) is 0 Å². The zero-order valence-corrected chi connectivity index (χ0v) is 18.9. The Balaban J connectivity index is 0.00000420. The van der Waals surface area contributed by atoms with Crippen molar-refractivity contribution in [3.05, 3.63) is 35.5 Å². The van der Waals surface area contributed by atoms with E-state index in [0.29, 0.717) is 49.4 Å². The third-order valence-electron chi connectivity index (χ3n) is 3.52. The normalized spacial score (nSPS) is 11.2. The number of aryl methyl sites for hydroxylation is 1. The van der Waals surface area contributed by atoms with E-state index in [1.165, 1.54) is 0 Å². The smallest absolute Gasteiger partial charge is 0.387 e. The topological polar surface area (TPSA) is 93.8 Å². The maximum Gasteiger partial charge on any atom is 0.387 e. The van der Waals surface area contributed by atoms with Crippen molar-refractivity contribution in [2.75, 3.05) is 19.7 Å². The molecule has 0 aliphatic heterocycles. The van der Waals surface area contributed by atoms with Gasteiger partial charge in [0.2, 0.25) is 5.89 Å². The van der Waals surface area contributed by atoms with Gasteiger partial charge in [-0.05, 0) is 26.8 Å². The number of rotatable bonds is 10. The van der Waals surface area contributed by atoms with Gasteiger partial charge in [-0.15, -0.1) is 24.0 Å². The number of hydrogen-bond donors (Lipinski definition) is 2. The number of halogens is 3. The zero-order chi connectivity index (χ0) is 20.4. The van der Waals surface area contributed by atoms with Crippen LogP contribution in [0.15, 0.2) is 27.7 Å². The monoisotopic (exact) mass is 525 g/mol. The van der Waals surface area contributed by atoms with Crippen LogP contribution in [0.25, 0.3) is 0 Å². The van der Waals surface area contributed by atoms with Crippen molar-refractivity contribution >= 4 is 29.9 Å². The average Bonchev–Trinajstić information content (AvgIpc) is 3.06. The molecule has 1 aromatic heterocycles. The highest BCUT2D eigenvalue weighted by Crippen LogP contribution is 2.33. The van der Waals surface area contributed by atoms with Crippen molar-refractivity contribution in [2.45, 2.75) is 40.3 Å². The number of nitrogens with one attached hydrogen (secondary N) is 2. The molecule has 29 heavy (non-hydrogen) atoms. The minimum Gasteiger partial charge on any atom is -0.490 e. The largest absolute Gasteiger partial charge is 0.490 e. The highest BCUT2D eigenvalue weighted by atomic mass is 127. The number of aromatic nitrogens is 2. The van der Waals surface area contributed by atoms with Crippen LogP contribution in [-0.4, -0.2) is 42.4 Å². The molecule has 0 aliphatic carbocycles. The first-order valence-corrected chi connectivity index (χ1v) is 9.04. The Hall–Kier alpha value is -2.18. The van der Waals surface area contributed by atoms with Crippen LogP contribution in [0, 0.1) is 6.92 Å². The summed E-state index contributed by atoms with van der Waals surface area (Å²) in [5.41, 5.74) is 0.496. The van der Waals surface area contributed by atoms with Crippen LogP contribution in [0.3, 0.4) is 0 Å². The van der Waals surface area contributed by atoms with Gasteiger partial charge in [0, 0.05) is 25.1 Å². The fourth-order valence-electron chi connectivity index (χ4n) is 2.41. The Morgan fingerprint density at radius 1 is 1.28 bits per heavy atom. The second-order valence-electron chi connectivity index (χ2n) is 5.66. The van der Waals surface area contributed by atoms with Crippen LogP contribution < -0.4 is 20.1 Å². The van der Waals surface area contributed by atoms with Crippen molar-refractivity contribution in [3.63, 3.8) is 0 Å². The molecule has 2 aromatic rings. The number of benzene rings is 1. The summed E-state index contributed by atoms with van der Waals surface area (Å²) in [4.78, 5) is 8.57. The molecule has 0 bridgehead atoms. The van der Waals surface area contributed by atoms with Gasteiger partial charge in [0.15, 0.2) is 23.3 Å². The summed E-state index contributed by atoms with van der Waals surface area (Å²) in [6.45, 7) is 4.14. The van der Waals surface area contributed by atoms with Gasteiger partial charge >= 0.3 is 6.61 Å². The van der Waals surface area contributed by atoms with Crippen LogP contribution in [0.1, 0.15) is 31.1 Å². The minimum atomic E-state index is -2.95. The first-order valence-electron chi connectivity index (χ1n) is 9.04. The molecule has 0 aliphatic rings. The highest BCUT2D eigenvalue weighted by molar-refractivity contribution is 14.0. The molecular weight excluding hydrogens is 499 g/mol. The summed E-state index contributed by atoms with van der Waals surface area (Å²) in [7, 11) is 0. The molecule has 0 amide bonds. The summed E-state index contributed by atoms with van der Waals surface area (Å²) < 4.78 is 40.7. The SMILES string of the molecule is CCNC(=NCc1cccc(OCC)c1OC(F)F)NCCc1nc(C)no1.I. The summed E-state index contributed by atoms with van der Waals surface area (Å²) >= 11 is 0. The lowest BCUT2D eigenvalue weighted by Gasteiger charge is -2.15. The Bertz CT molecular complexity index is 774. The number of guanidine groups is 1. The van der Waals surface area contributed by atoms with Crippen LogP contribution in [0.5, 0.6) is 11.5 Å². The Morgan fingerprint density at radius 2 is 2.07 bits per heavy atom. The Labute approximate surface area is 185 Å². The van der Waals surface area contributed by atoms with E-state index in [0.717, 1.165) is 0 Å². The van der Waals surface area contributed by atoms with E-state index in [9.17, 15) is 8.78 Å². The second-order valence-corrected chi connectivity index (χ2v) is 5.66. The van der Waals surface area contributed by atoms with Crippen molar-refractivity contribution in [1.29, 1.82) is 0 Å². The molecule has 0 unspecified atom stereocenters. The standard InChI is InChI=1S/C18H25F2N5O3.HI/c1-4-21-18(22-10-9-15-24-12(3)25-28-15)23-11-13-7-6-8-14(26-5-2)16(13)27-17(19)20;/h6-8,17H,4-5,9-11H2,1-3H3,(H2,21,22,23);1H. The number of aliphatic imine (C=N–C) groups is 1. The average molecular weight is 525 g/mol. The third kappa shape index (κ3) is 8.38. The molecule has 0 saturated heterocycles. The van der Waals surface area contributed by atoms with Crippen LogP contribution in [-0.2, 0) is 13.0 Å². The fraction of sp³-hybridized carbons (Fsp3) is 0.500. The Kier molecular flexibility index (Phi) is 11.2. The highest BCUT2D eigenvalue weighted by Gasteiger charge is 2.15. The molecule has 8 nitrogen and oxygen atoms in total. The van der Waals surface area contributed by atoms with E-state index in [-0.39, 0.29) is 42.0 Å². The van der Waals surface area contributed by atoms with Crippen LogP contribution >= 0.6 is 24.0 Å². The molecule has 162 valence electrons. The predicted molar refractivity (Wildman–Crippen MR) is 115 cm³/mol. The first-order chi connectivity index (χ1) is 13.5. The second kappa shape index (κ2) is 13.1. The maximum absolute atomic E-state index is 12.8. The zero-order valence-electron chi connectivity index (χ0n) is 16.6. The van der Waals surface area contributed by atoms with Gasteiger partial charge in [0.05, 0.1) is 13.2 Å². The molecule has 1 aromatic carbocycles. The van der Waals surface area contributed by atoms with Gasteiger partial charge in [0.1, 0.15) is 0 Å². The summed E-state index contributed by atoms with van der Waals surface area (Å²) in [6.07, 6.45) is 0.533. The van der Waals surface area contributed by atoms with E-state index < -0.39 is 6.61 Å². The third-order valence-corrected chi connectivity index (χ3v) is 3.52. The quantitative estimate of drug-likeness (QED) is 0.280. The molecule has 11 heteroatoms. The van der Waals surface area contributed by atoms with Gasteiger partial charge < -0.3 is 24.6 Å². The molecule has 0 atom stereocenters. The van der Waals surface area contributed by atoms with E-state index in [1.54, 1.807) is 32.0 Å². The number of ether oxygens (including phenoxy) is 2. The first kappa shape index (κ1) is 24.9. The molecule has 2 N–H and O–H groups in total. The lowest BCUT2D eigenvalue weighted by molar-refractivity contribution is -0.0520. The number of alkyl halides is 2. The molecule has 0 fully saturated rings. The predicted octanol–water partition coefficient (Wildman–Crippen LogP) is 3.29. The van der Waals surface area contributed by atoms with Crippen molar-refractivity contribution < 1.29 is 22.8 Å². The van der Waals surface area contributed by atoms with E-state index in [2.05, 4.69) is 30.5 Å². The molecular formula is C18H26F2IN5O3. The molecule has 0 radical (unpaired) electrons. The lowest BCUT2D eigenvalue weighted by atomic mass is 10.2. The van der Waals surface area contributed by atoms with E-state index in [4.69, 9.17) is 9.26 Å². The van der Waals surface area contributed by atoms with Gasteiger partial charge in [-0.25, -0.2) is 4.99 Å². The molecule has 2 rings (SSSR count). The van der Waals surface area contributed by atoms with Crippen LogP contribution in [0.4, 0.5) is 8.78 Å². The number of nitrogens with zero attached hydrogens (tertiary/aromatic N) is 3. The Morgan fingerprint density at radius 3 is 2.69 bits per heavy atom. The summed E-state index contributed by atoms with van der Waals surface area (Å²) in [6, 6.07) is 4.98. The molecule has 0 saturated carbocycles. The molecule has 1 heterocycles. The van der Waals surface area contributed by atoms with E-state index >= 15 is 0 Å². The lowest BCUT2D eigenvalue weighted by Crippen LogP contribution is -2.38. The van der Waals surface area contributed by atoms with Crippen LogP contribution in [0.2, 0.25) is 0 Å². The number of para-hydroxylation sites is 1. The van der Waals surface area contributed by atoms with Crippen molar-refractivity contribution in [3.8, 4) is 11.5 Å². The number of hydrogen-bond acceptors (Lipinski definition) is 6. The van der Waals surface area contributed by atoms with E-state index in [1.807, 2.05) is 6.92 Å². The van der Waals surface area contributed by atoms with Gasteiger partial charge in [-0.3, -0.25) is 0 Å². The van der Waals surface area contributed by atoms with Crippen molar-refractivity contribution in [1.82, 2.24) is 20.8 Å². The minimum absolute atomic E-state index is 0. The van der Waals surface area contributed by atoms with Gasteiger partial charge in [-0.1, -0.05) is 17.3 Å². The fourth-order valence-corrected chi connectivity index (χ4v) is 2.41. The van der Waals surface area contributed by atoms with Gasteiger partial charge in [-0.2, -0.15) is 13.8 Å². The summed E-state index contributed by atoms with van der Waals surface area (Å²) in [5, 5.41) is 9.97. The summed E-state index contributed by atoms with van der Waals surface area (Å²) in [5.74, 6) is 1.90. The maximum atomic E-state index is 12.8. The van der Waals surface area contributed by atoms with Crippen molar-refractivity contribution in [2.24, 2.45) is 4.99 Å².